The second-order valence-corrected chi connectivity index (χ2v) is 8.11. The molecule has 0 aliphatic rings. The van der Waals surface area contributed by atoms with E-state index >= 15 is 0 Å². The van der Waals surface area contributed by atoms with Crippen molar-refractivity contribution in [1.82, 2.24) is 0 Å². The van der Waals surface area contributed by atoms with Crippen LogP contribution in [0.3, 0.4) is 0 Å². The molecule has 0 atom stereocenters. The highest BCUT2D eigenvalue weighted by Gasteiger charge is 2.13. The smallest absolute Gasteiger partial charge is 0.180 e. The molecule has 3 aromatic carbocycles. The van der Waals surface area contributed by atoms with Crippen LogP contribution in [0.4, 0.5) is 5.69 Å². The minimum absolute atomic E-state index is 0.242. The molecule has 0 amide bonds. The Kier molecular flexibility index (Phi) is 7.42. The van der Waals surface area contributed by atoms with E-state index in [-0.39, 0.29) is 6.61 Å². The third-order valence-corrected chi connectivity index (χ3v) is 5.62. The molecule has 3 rings (SSSR count). The third-order valence-electron chi connectivity index (χ3n) is 4.34. The fraction of sp³-hybridized carbons (Fsp3) is 0.182. The van der Waals surface area contributed by atoms with Crippen molar-refractivity contribution in [3.05, 3.63) is 85.3 Å². The van der Waals surface area contributed by atoms with E-state index in [0.717, 1.165) is 27.4 Å². The molecule has 3 aromatic rings. The largest absolute Gasteiger partial charge is 0.493 e. The molecule has 0 saturated heterocycles. The van der Waals surface area contributed by atoms with Gasteiger partial charge in [-0.15, -0.1) is 0 Å². The summed E-state index contributed by atoms with van der Waals surface area (Å²) >= 11 is 24.8. The van der Waals surface area contributed by atoms with E-state index in [2.05, 4.69) is 5.32 Å². The third kappa shape index (κ3) is 5.64. The summed E-state index contributed by atoms with van der Waals surface area (Å²) in [4.78, 5) is 0. The summed E-state index contributed by atoms with van der Waals surface area (Å²) in [5, 5.41) is 5.60. The number of nitrogens with one attached hydrogen (secondary N) is 1. The van der Waals surface area contributed by atoms with Crippen LogP contribution in [0, 0.1) is 6.92 Å². The highest BCUT2D eigenvalue weighted by atomic mass is 35.5. The molecule has 1 N–H and O–H groups in total. The van der Waals surface area contributed by atoms with E-state index in [1.165, 1.54) is 0 Å². The van der Waals surface area contributed by atoms with Crippen molar-refractivity contribution in [1.29, 1.82) is 0 Å². The molecular weight excluding hydrogens is 452 g/mol. The molecule has 3 nitrogen and oxygen atoms in total. The molecule has 0 aliphatic heterocycles. The standard InChI is InChI=1S/C22H19Cl4NO2/c1-13-3-6-17(10-18(13)24)27-11-14-7-20(26)22(21(8-14)28-2)29-12-15-4-5-16(23)9-19(15)25/h3-10,27H,11-12H2,1-2H3. The predicted octanol–water partition coefficient (Wildman–Crippen LogP) is 7.81. The van der Waals surface area contributed by atoms with E-state index in [1.807, 2.05) is 43.3 Å². The van der Waals surface area contributed by atoms with Crippen LogP contribution >= 0.6 is 46.4 Å². The average Bonchev–Trinajstić information content (AvgIpc) is 2.69. The van der Waals surface area contributed by atoms with Crippen LogP contribution in [-0.2, 0) is 13.2 Å². The molecule has 0 spiro atoms. The maximum absolute atomic E-state index is 6.46. The lowest BCUT2D eigenvalue weighted by atomic mass is 10.1. The van der Waals surface area contributed by atoms with Crippen LogP contribution in [0.15, 0.2) is 48.5 Å². The fourth-order valence-electron chi connectivity index (χ4n) is 2.71. The van der Waals surface area contributed by atoms with Crippen LogP contribution < -0.4 is 14.8 Å². The summed E-state index contributed by atoms with van der Waals surface area (Å²) in [7, 11) is 1.57. The number of anilines is 1. The molecular formula is C22H19Cl4NO2. The van der Waals surface area contributed by atoms with Crippen molar-refractivity contribution in [2.75, 3.05) is 12.4 Å². The zero-order chi connectivity index (χ0) is 21.0. The van der Waals surface area contributed by atoms with Gasteiger partial charge in [0.2, 0.25) is 0 Å². The summed E-state index contributed by atoms with van der Waals surface area (Å²) in [6.07, 6.45) is 0. The Hall–Kier alpha value is -1.78. The molecule has 7 heteroatoms. The Morgan fingerprint density at radius 3 is 2.34 bits per heavy atom. The lowest BCUT2D eigenvalue weighted by Gasteiger charge is -2.15. The molecule has 0 aliphatic carbocycles. The Morgan fingerprint density at radius 2 is 1.66 bits per heavy atom. The number of ether oxygens (including phenoxy) is 2. The quantitative estimate of drug-likeness (QED) is 0.381. The molecule has 0 radical (unpaired) electrons. The summed E-state index contributed by atoms with van der Waals surface area (Å²) < 4.78 is 11.4. The Balaban J connectivity index is 1.73. The van der Waals surface area contributed by atoms with Crippen molar-refractivity contribution in [3.8, 4) is 11.5 Å². The summed E-state index contributed by atoms with van der Waals surface area (Å²) in [6.45, 7) is 2.76. The summed E-state index contributed by atoms with van der Waals surface area (Å²) in [5.41, 5.74) is 3.70. The van der Waals surface area contributed by atoms with Gasteiger partial charge in [0, 0.05) is 32.9 Å². The molecule has 0 saturated carbocycles. The predicted molar refractivity (Wildman–Crippen MR) is 122 cm³/mol. The van der Waals surface area contributed by atoms with Crippen LogP contribution in [0.1, 0.15) is 16.7 Å². The number of rotatable bonds is 7. The number of hydrogen-bond donors (Lipinski definition) is 1. The molecule has 0 fully saturated rings. The van der Waals surface area contributed by atoms with Gasteiger partial charge >= 0.3 is 0 Å². The summed E-state index contributed by atoms with van der Waals surface area (Å²) in [6, 6.07) is 14.8. The van der Waals surface area contributed by atoms with Crippen LogP contribution in [0.5, 0.6) is 11.5 Å². The van der Waals surface area contributed by atoms with Crippen molar-refractivity contribution >= 4 is 52.1 Å². The monoisotopic (exact) mass is 469 g/mol. The number of methoxy groups -OCH3 is 1. The summed E-state index contributed by atoms with van der Waals surface area (Å²) in [5.74, 6) is 1.00. The molecule has 0 bridgehead atoms. The molecule has 0 aromatic heterocycles. The Morgan fingerprint density at radius 1 is 0.862 bits per heavy atom. The van der Waals surface area contributed by atoms with Gasteiger partial charge in [0.25, 0.3) is 0 Å². The SMILES string of the molecule is COc1cc(CNc2ccc(C)c(Cl)c2)cc(Cl)c1OCc1ccc(Cl)cc1Cl. The normalized spacial score (nSPS) is 10.7. The van der Waals surface area contributed by atoms with Crippen molar-refractivity contribution < 1.29 is 9.47 Å². The maximum atomic E-state index is 6.46. The first-order valence-electron chi connectivity index (χ1n) is 8.80. The van der Waals surface area contributed by atoms with E-state index in [4.69, 9.17) is 55.9 Å². The van der Waals surface area contributed by atoms with Gasteiger partial charge in [0.05, 0.1) is 12.1 Å². The van der Waals surface area contributed by atoms with Crippen LogP contribution in [0.2, 0.25) is 20.1 Å². The van der Waals surface area contributed by atoms with E-state index < -0.39 is 0 Å². The molecule has 0 unspecified atom stereocenters. The zero-order valence-electron chi connectivity index (χ0n) is 15.9. The highest BCUT2D eigenvalue weighted by molar-refractivity contribution is 6.35. The van der Waals surface area contributed by atoms with Gasteiger partial charge in [0.1, 0.15) is 6.61 Å². The molecule has 0 heterocycles. The first kappa shape index (κ1) is 21.9. The van der Waals surface area contributed by atoms with Crippen LogP contribution in [0.25, 0.3) is 0 Å². The number of halogens is 4. The molecule has 29 heavy (non-hydrogen) atoms. The first-order valence-corrected chi connectivity index (χ1v) is 10.3. The second kappa shape index (κ2) is 9.82. The lowest BCUT2D eigenvalue weighted by molar-refractivity contribution is 0.284. The van der Waals surface area contributed by atoms with E-state index in [9.17, 15) is 0 Å². The Labute approximate surface area is 190 Å². The van der Waals surface area contributed by atoms with E-state index in [0.29, 0.717) is 33.1 Å². The maximum Gasteiger partial charge on any atom is 0.180 e. The minimum atomic E-state index is 0.242. The van der Waals surface area contributed by atoms with Crippen molar-refractivity contribution in [2.24, 2.45) is 0 Å². The van der Waals surface area contributed by atoms with Gasteiger partial charge in [-0.1, -0.05) is 58.5 Å². The zero-order valence-corrected chi connectivity index (χ0v) is 18.9. The highest BCUT2D eigenvalue weighted by Crippen LogP contribution is 2.37. The van der Waals surface area contributed by atoms with Gasteiger partial charge in [-0.3, -0.25) is 0 Å². The number of hydrogen-bond acceptors (Lipinski definition) is 3. The second-order valence-electron chi connectivity index (χ2n) is 6.45. The van der Waals surface area contributed by atoms with Gasteiger partial charge in [0.15, 0.2) is 11.5 Å². The molecule has 152 valence electrons. The number of benzene rings is 3. The number of aryl methyl sites for hydroxylation is 1. The minimum Gasteiger partial charge on any atom is -0.493 e. The lowest BCUT2D eigenvalue weighted by Crippen LogP contribution is -2.03. The fourth-order valence-corrected chi connectivity index (χ4v) is 3.64. The van der Waals surface area contributed by atoms with E-state index in [1.54, 1.807) is 19.2 Å². The first-order chi connectivity index (χ1) is 13.9. The van der Waals surface area contributed by atoms with Crippen molar-refractivity contribution in [2.45, 2.75) is 20.1 Å². The van der Waals surface area contributed by atoms with Crippen molar-refractivity contribution in [3.63, 3.8) is 0 Å². The van der Waals surface area contributed by atoms with Crippen LogP contribution in [-0.4, -0.2) is 7.11 Å². The Bertz CT molecular complexity index is 1020. The van der Waals surface area contributed by atoms with Gasteiger partial charge < -0.3 is 14.8 Å². The topological polar surface area (TPSA) is 30.5 Å². The average molecular weight is 471 g/mol. The van der Waals surface area contributed by atoms with Gasteiger partial charge in [-0.05, 0) is 54.4 Å². The van der Waals surface area contributed by atoms with Gasteiger partial charge in [-0.2, -0.15) is 0 Å². The van der Waals surface area contributed by atoms with Gasteiger partial charge in [-0.25, -0.2) is 0 Å².